The second kappa shape index (κ2) is 7.14. The van der Waals surface area contributed by atoms with E-state index in [4.69, 9.17) is 0 Å². The summed E-state index contributed by atoms with van der Waals surface area (Å²) in [4.78, 5) is 37.8. The number of rotatable bonds is 5. The zero-order chi connectivity index (χ0) is 16.8. The van der Waals surface area contributed by atoms with Crippen molar-refractivity contribution in [3.8, 4) is 0 Å². The largest absolute Gasteiger partial charge is 0.346 e. The van der Waals surface area contributed by atoms with E-state index in [2.05, 4.69) is 30.6 Å². The molecule has 24 heavy (non-hydrogen) atoms. The maximum Gasteiger partial charge on any atom is 0.254 e. The number of hydrogen-bond donors (Lipinski definition) is 3. The normalized spacial score (nSPS) is 10.2. The molecule has 0 bridgehead atoms. The number of H-pyrrole nitrogens is 1. The van der Waals surface area contributed by atoms with E-state index in [0.29, 0.717) is 17.2 Å². The molecule has 120 valence electrons. The van der Waals surface area contributed by atoms with Crippen molar-refractivity contribution in [2.45, 2.75) is 6.54 Å². The Morgan fingerprint density at radius 3 is 2.54 bits per heavy atom. The predicted molar refractivity (Wildman–Crippen MR) is 87.8 cm³/mol. The lowest BCUT2D eigenvalue weighted by atomic mass is 10.3. The van der Waals surface area contributed by atoms with Crippen molar-refractivity contribution in [2.75, 3.05) is 5.32 Å². The Morgan fingerprint density at radius 1 is 1.08 bits per heavy atom. The van der Waals surface area contributed by atoms with Crippen LogP contribution >= 0.6 is 0 Å². The van der Waals surface area contributed by atoms with Crippen LogP contribution in [-0.2, 0) is 6.54 Å². The predicted octanol–water partition coefficient (Wildman–Crippen LogP) is 1.23. The van der Waals surface area contributed by atoms with Gasteiger partial charge in [-0.1, -0.05) is 18.2 Å². The Kier molecular flexibility index (Phi) is 4.57. The monoisotopic (exact) mass is 322 g/mol. The number of aromatic nitrogens is 4. The molecular formula is C16H14N6O2. The molecule has 3 rings (SSSR count). The Morgan fingerprint density at radius 2 is 1.83 bits per heavy atom. The van der Waals surface area contributed by atoms with Crippen LogP contribution in [0.25, 0.3) is 0 Å². The number of carbonyl (C=O) groups is 1. The molecule has 1 aromatic carbocycles. The summed E-state index contributed by atoms with van der Waals surface area (Å²) in [6.07, 6.45) is 4.15. The van der Waals surface area contributed by atoms with Gasteiger partial charge in [0.1, 0.15) is 0 Å². The number of benzene rings is 1. The van der Waals surface area contributed by atoms with Gasteiger partial charge in [0.2, 0.25) is 5.95 Å². The van der Waals surface area contributed by atoms with Gasteiger partial charge in [-0.05, 0) is 12.1 Å². The highest BCUT2D eigenvalue weighted by molar-refractivity contribution is 5.93. The van der Waals surface area contributed by atoms with Crippen molar-refractivity contribution in [3.63, 3.8) is 0 Å². The van der Waals surface area contributed by atoms with E-state index >= 15 is 0 Å². The maximum atomic E-state index is 12.0. The third-order valence-electron chi connectivity index (χ3n) is 3.11. The molecule has 0 aliphatic carbocycles. The van der Waals surface area contributed by atoms with E-state index in [1.165, 1.54) is 24.8 Å². The summed E-state index contributed by atoms with van der Waals surface area (Å²) in [7, 11) is 0. The SMILES string of the molecule is O=C(NCc1cc(=O)[nH]cn1)c1cnc(Nc2ccccc2)nc1. The van der Waals surface area contributed by atoms with Gasteiger partial charge in [-0.25, -0.2) is 15.0 Å². The quantitative estimate of drug-likeness (QED) is 0.651. The van der Waals surface area contributed by atoms with Crippen LogP contribution in [0.3, 0.4) is 0 Å². The molecule has 0 radical (unpaired) electrons. The second-order valence-electron chi connectivity index (χ2n) is 4.87. The summed E-state index contributed by atoms with van der Waals surface area (Å²) >= 11 is 0. The van der Waals surface area contributed by atoms with E-state index in [-0.39, 0.29) is 18.0 Å². The van der Waals surface area contributed by atoms with Crippen molar-refractivity contribution >= 4 is 17.5 Å². The number of nitrogens with zero attached hydrogens (tertiary/aromatic N) is 3. The van der Waals surface area contributed by atoms with Crippen LogP contribution < -0.4 is 16.2 Å². The van der Waals surface area contributed by atoms with Crippen LogP contribution in [0.15, 0.2) is 59.9 Å². The Hall–Kier alpha value is -3.55. The van der Waals surface area contributed by atoms with Gasteiger partial charge >= 0.3 is 0 Å². The van der Waals surface area contributed by atoms with E-state index in [0.717, 1.165) is 5.69 Å². The van der Waals surface area contributed by atoms with Gasteiger partial charge in [0, 0.05) is 24.1 Å². The number of amides is 1. The highest BCUT2D eigenvalue weighted by Gasteiger charge is 2.07. The van der Waals surface area contributed by atoms with Crippen LogP contribution in [0.5, 0.6) is 0 Å². The molecule has 3 N–H and O–H groups in total. The smallest absolute Gasteiger partial charge is 0.254 e. The zero-order valence-electron chi connectivity index (χ0n) is 12.6. The lowest BCUT2D eigenvalue weighted by Gasteiger charge is -2.06. The molecule has 0 fully saturated rings. The number of nitrogens with one attached hydrogen (secondary N) is 3. The van der Waals surface area contributed by atoms with Gasteiger partial charge in [0.15, 0.2) is 0 Å². The first-order valence-corrected chi connectivity index (χ1v) is 7.16. The molecule has 1 amide bonds. The molecule has 0 unspecified atom stereocenters. The van der Waals surface area contributed by atoms with Crippen molar-refractivity contribution in [3.05, 3.63) is 76.7 Å². The molecule has 8 nitrogen and oxygen atoms in total. The van der Waals surface area contributed by atoms with Gasteiger partial charge in [-0.2, -0.15) is 0 Å². The number of hydrogen-bond acceptors (Lipinski definition) is 6. The molecular weight excluding hydrogens is 308 g/mol. The van der Waals surface area contributed by atoms with Gasteiger partial charge in [0.25, 0.3) is 11.5 Å². The fourth-order valence-corrected chi connectivity index (χ4v) is 1.94. The minimum absolute atomic E-state index is 0.146. The van der Waals surface area contributed by atoms with Crippen LogP contribution in [0, 0.1) is 0 Å². The van der Waals surface area contributed by atoms with E-state index in [1.54, 1.807) is 0 Å². The zero-order valence-corrected chi connectivity index (χ0v) is 12.6. The number of anilines is 2. The van der Waals surface area contributed by atoms with Crippen LogP contribution in [0.4, 0.5) is 11.6 Å². The van der Waals surface area contributed by atoms with E-state index in [1.807, 2.05) is 30.3 Å². The van der Waals surface area contributed by atoms with Gasteiger partial charge in [-0.15, -0.1) is 0 Å². The first-order chi connectivity index (χ1) is 11.7. The molecule has 0 saturated carbocycles. The third-order valence-corrected chi connectivity index (χ3v) is 3.11. The molecule has 0 aliphatic heterocycles. The minimum atomic E-state index is -0.344. The lowest BCUT2D eigenvalue weighted by Crippen LogP contribution is -2.24. The van der Waals surface area contributed by atoms with Gasteiger partial charge in [-0.3, -0.25) is 9.59 Å². The first-order valence-electron chi connectivity index (χ1n) is 7.16. The van der Waals surface area contributed by atoms with Crippen molar-refractivity contribution in [1.29, 1.82) is 0 Å². The third kappa shape index (κ3) is 4.01. The van der Waals surface area contributed by atoms with E-state index < -0.39 is 0 Å². The van der Waals surface area contributed by atoms with Crippen LogP contribution in [-0.4, -0.2) is 25.8 Å². The maximum absolute atomic E-state index is 12.0. The Balaban J connectivity index is 1.60. The molecule has 3 aromatic rings. The van der Waals surface area contributed by atoms with Crippen molar-refractivity contribution < 1.29 is 4.79 Å². The van der Waals surface area contributed by atoms with Crippen LogP contribution in [0.2, 0.25) is 0 Å². The van der Waals surface area contributed by atoms with E-state index in [9.17, 15) is 9.59 Å². The minimum Gasteiger partial charge on any atom is -0.346 e. The van der Waals surface area contributed by atoms with Crippen molar-refractivity contribution in [2.24, 2.45) is 0 Å². The molecule has 0 spiro atoms. The molecule has 0 atom stereocenters. The summed E-state index contributed by atoms with van der Waals surface area (Å²) in [5, 5.41) is 5.69. The second-order valence-corrected chi connectivity index (χ2v) is 4.87. The lowest BCUT2D eigenvalue weighted by molar-refractivity contribution is 0.0949. The molecule has 2 heterocycles. The molecule has 8 heteroatoms. The summed E-state index contributed by atoms with van der Waals surface area (Å²) in [5.41, 5.74) is 1.37. The Bertz CT molecular complexity index is 877. The van der Waals surface area contributed by atoms with Gasteiger partial charge in [0.05, 0.1) is 24.1 Å². The number of aromatic amines is 1. The van der Waals surface area contributed by atoms with Crippen LogP contribution in [0.1, 0.15) is 16.1 Å². The number of carbonyl (C=O) groups excluding carboxylic acids is 1. The fraction of sp³-hybridized carbons (Fsp3) is 0.0625. The summed E-state index contributed by atoms with van der Waals surface area (Å²) in [6.45, 7) is 0.146. The highest BCUT2D eigenvalue weighted by atomic mass is 16.1. The molecule has 2 aromatic heterocycles. The average molecular weight is 322 g/mol. The standard InChI is InChI=1S/C16H14N6O2/c23-14-6-13(20-10-21-14)9-17-15(24)11-7-18-16(19-8-11)22-12-4-2-1-3-5-12/h1-8,10H,9H2,(H,17,24)(H,18,19,22)(H,20,21,23). The average Bonchev–Trinajstić information content (AvgIpc) is 2.61. The summed E-state index contributed by atoms with van der Waals surface area (Å²) in [6, 6.07) is 10.8. The van der Waals surface area contributed by atoms with Gasteiger partial charge < -0.3 is 15.6 Å². The highest BCUT2D eigenvalue weighted by Crippen LogP contribution is 2.11. The molecule has 0 aliphatic rings. The molecule has 0 saturated heterocycles. The Labute approximate surface area is 137 Å². The first kappa shape index (κ1) is 15.3. The summed E-state index contributed by atoms with van der Waals surface area (Å²) < 4.78 is 0. The fourth-order valence-electron chi connectivity index (χ4n) is 1.94. The number of para-hydroxylation sites is 1. The topological polar surface area (TPSA) is 113 Å². The van der Waals surface area contributed by atoms with Crippen molar-refractivity contribution in [1.82, 2.24) is 25.3 Å². The summed E-state index contributed by atoms with van der Waals surface area (Å²) in [5.74, 6) is 0.0531.